The maximum Gasteiger partial charge on any atom is 0.422 e. The molecule has 27 heavy (non-hydrogen) atoms. The van der Waals surface area contributed by atoms with Gasteiger partial charge in [0.2, 0.25) is 5.41 Å². The van der Waals surface area contributed by atoms with Gasteiger partial charge in [-0.15, -0.1) is 0 Å². The van der Waals surface area contributed by atoms with Crippen molar-refractivity contribution in [3.63, 3.8) is 0 Å². The molecular formula is C16H24F3NO7. The lowest BCUT2D eigenvalue weighted by Gasteiger charge is -2.43. The van der Waals surface area contributed by atoms with Gasteiger partial charge in [-0.3, -0.25) is 14.4 Å². The first kappa shape index (κ1) is 23.2. The van der Waals surface area contributed by atoms with E-state index >= 15 is 0 Å². The highest BCUT2D eigenvalue weighted by Gasteiger charge is 2.65. The van der Waals surface area contributed by atoms with Crippen molar-refractivity contribution in [3.8, 4) is 0 Å². The standard InChI is InChI=1S/C16H24F3NO7/c1-4-24-10-7-8-20-11(12(21)27-9-15(17,18)19)16(10,13(22)25-5-2)14(23)26-6-3/h10-11,20H,4-9H2,1-3H3/t10-,11+/m0/s1. The molecule has 0 aliphatic carbocycles. The largest absolute Gasteiger partial charge is 0.465 e. The van der Waals surface area contributed by atoms with E-state index < -0.39 is 48.3 Å². The monoisotopic (exact) mass is 399 g/mol. The Balaban J connectivity index is 3.37. The van der Waals surface area contributed by atoms with E-state index in [0.717, 1.165) is 0 Å². The summed E-state index contributed by atoms with van der Waals surface area (Å²) in [6.45, 7) is 2.68. The van der Waals surface area contributed by atoms with Crippen LogP contribution in [0.5, 0.6) is 0 Å². The molecule has 0 aromatic carbocycles. The summed E-state index contributed by atoms with van der Waals surface area (Å²) in [7, 11) is 0. The van der Waals surface area contributed by atoms with E-state index in [1.54, 1.807) is 6.92 Å². The molecule has 0 radical (unpaired) electrons. The molecule has 1 N–H and O–H groups in total. The molecule has 2 atom stereocenters. The maximum atomic E-state index is 12.8. The summed E-state index contributed by atoms with van der Waals surface area (Å²) in [5.41, 5.74) is -2.32. The second-order valence-corrected chi connectivity index (χ2v) is 5.65. The second kappa shape index (κ2) is 9.88. The molecule has 1 rings (SSSR count). The molecule has 0 saturated carbocycles. The maximum absolute atomic E-state index is 12.8. The van der Waals surface area contributed by atoms with Crippen LogP contribution in [0.25, 0.3) is 0 Å². The smallest absolute Gasteiger partial charge is 0.422 e. The number of halogens is 3. The highest BCUT2D eigenvalue weighted by molar-refractivity contribution is 6.06. The van der Waals surface area contributed by atoms with Crippen LogP contribution < -0.4 is 5.32 Å². The Bertz CT molecular complexity index is 519. The molecule has 1 heterocycles. The fourth-order valence-electron chi connectivity index (χ4n) is 2.94. The van der Waals surface area contributed by atoms with Crippen molar-refractivity contribution in [1.82, 2.24) is 5.32 Å². The van der Waals surface area contributed by atoms with Crippen molar-refractivity contribution in [2.75, 3.05) is 33.0 Å². The predicted octanol–water partition coefficient (Wildman–Crippen LogP) is 0.971. The zero-order chi connectivity index (χ0) is 20.7. The lowest BCUT2D eigenvalue weighted by atomic mass is 9.71. The predicted molar refractivity (Wildman–Crippen MR) is 84.5 cm³/mol. The lowest BCUT2D eigenvalue weighted by Crippen LogP contribution is -2.69. The van der Waals surface area contributed by atoms with Gasteiger partial charge in [0.1, 0.15) is 6.04 Å². The van der Waals surface area contributed by atoms with Crippen LogP contribution in [0, 0.1) is 5.41 Å². The van der Waals surface area contributed by atoms with Gasteiger partial charge in [0, 0.05) is 6.61 Å². The normalized spacial score (nSPS) is 22.0. The number of hydrogen-bond acceptors (Lipinski definition) is 8. The third kappa shape index (κ3) is 5.32. The first-order valence-electron chi connectivity index (χ1n) is 8.57. The van der Waals surface area contributed by atoms with Gasteiger partial charge in [-0.05, 0) is 33.7 Å². The Morgan fingerprint density at radius 2 is 1.56 bits per heavy atom. The third-order valence-electron chi connectivity index (χ3n) is 3.93. The number of alkyl halides is 3. The van der Waals surface area contributed by atoms with Gasteiger partial charge in [0.05, 0.1) is 19.3 Å². The minimum Gasteiger partial charge on any atom is -0.465 e. The number of nitrogens with one attached hydrogen (secondary N) is 1. The number of carbonyl (C=O) groups excluding carboxylic acids is 3. The second-order valence-electron chi connectivity index (χ2n) is 5.65. The Kier molecular flexibility index (Phi) is 8.48. The Hall–Kier alpha value is -1.88. The molecule has 0 bridgehead atoms. The first-order chi connectivity index (χ1) is 12.6. The van der Waals surface area contributed by atoms with E-state index in [0.29, 0.717) is 0 Å². The Morgan fingerprint density at radius 3 is 2.00 bits per heavy atom. The van der Waals surface area contributed by atoms with Gasteiger partial charge < -0.3 is 24.3 Å². The number of ether oxygens (including phenoxy) is 4. The highest BCUT2D eigenvalue weighted by Crippen LogP contribution is 2.38. The van der Waals surface area contributed by atoms with Gasteiger partial charge in [-0.25, -0.2) is 0 Å². The molecule has 1 aliphatic heterocycles. The lowest BCUT2D eigenvalue weighted by molar-refractivity contribution is -0.205. The number of esters is 3. The summed E-state index contributed by atoms with van der Waals surface area (Å²) < 4.78 is 57.0. The van der Waals surface area contributed by atoms with Crippen LogP contribution in [-0.4, -0.2) is 69.2 Å². The van der Waals surface area contributed by atoms with Crippen molar-refractivity contribution < 1.29 is 46.5 Å². The molecule has 1 fully saturated rings. The molecule has 8 nitrogen and oxygen atoms in total. The molecular weight excluding hydrogens is 375 g/mol. The van der Waals surface area contributed by atoms with E-state index in [2.05, 4.69) is 10.1 Å². The fraction of sp³-hybridized carbons (Fsp3) is 0.812. The zero-order valence-corrected chi connectivity index (χ0v) is 15.4. The van der Waals surface area contributed by atoms with E-state index in [1.807, 2.05) is 0 Å². The Labute approximate surface area is 154 Å². The van der Waals surface area contributed by atoms with Crippen LogP contribution in [0.3, 0.4) is 0 Å². The van der Waals surface area contributed by atoms with Crippen LogP contribution in [0.1, 0.15) is 27.2 Å². The average Bonchev–Trinajstić information content (AvgIpc) is 2.59. The molecule has 0 amide bonds. The minimum absolute atomic E-state index is 0.0928. The molecule has 0 aromatic heterocycles. The molecule has 156 valence electrons. The molecule has 0 spiro atoms. The van der Waals surface area contributed by atoms with Crippen molar-refractivity contribution >= 4 is 17.9 Å². The first-order valence-corrected chi connectivity index (χ1v) is 8.57. The third-order valence-corrected chi connectivity index (χ3v) is 3.93. The summed E-state index contributed by atoms with van der Waals surface area (Å²) in [6, 6.07) is -1.75. The average molecular weight is 399 g/mol. The van der Waals surface area contributed by atoms with Crippen LogP contribution >= 0.6 is 0 Å². The van der Waals surface area contributed by atoms with Gasteiger partial charge >= 0.3 is 24.1 Å². The molecule has 1 aliphatic rings. The fourth-order valence-corrected chi connectivity index (χ4v) is 2.94. The Morgan fingerprint density at radius 1 is 1.00 bits per heavy atom. The van der Waals surface area contributed by atoms with E-state index in [-0.39, 0.29) is 32.8 Å². The number of rotatable bonds is 8. The number of piperidine rings is 1. The summed E-state index contributed by atoms with van der Waals surface area (Å²) in [4.78, 5) is 37.9. The quantitative estimate of drug-likeness (QED) is 0.366. The van der Waals surface area contributed by atoms with Crippen molar-refractivity contribution in [2.24, 2.45) is 5.41 Å². The molecule has 0 unspecified atom stereocenters. The van der Waals surface area contributed by atoms with Gasteiger partial charge in [0.25, 0.3) is 0 Å². The molecule has 11 heteroatoms. The zero-order valence-electron chi connectivity index (χ0n) is 15.4. The minimum atomic E-state index is -4.76. The summed E-state index contributed by atoms with van der Waals surface area (Å²) in [5, 5.41) is 2.59. The summed E-state index contributed by atoms with van der Waals surface area (Å²) in [6.07, 6.45) is -5.76. The van der Waals surface area contributed by atoms with E-state index in [4.69, 9.17) is 14.2 Å². The van der Waals surface area contributed by atoms with Crippen molar-refractivity contribution in [3.05, 3.63) is 0 Å². The van der Waals surface area contributed by atoms with E-state index in [1.165, 1.54) is 13.8 Å². The van der Waals surface area contributed by atoms with Gasteiger partial charge in [-0.1, -0.05) is 0 Å². The van der Waals surface area contributed by atoms with Gasteiger partial charge in [-0.2, -0.15) is 13.2 Å². The SMILES string of the molecule is CCOC(=O)C1(C(=O)OCC)[C@@H](OCC)CCN[C@@H]1C(=O)OCC(F)(F)F. The van der Waals surface area contributed by atoms with Gasteiger partial charge in [0.15, 0.2) is 6.61 Å². The molecule has 1 saturated heterocycles. The topological polar surface area (TPSA) is 100 Å². The van der Waals surface area contributed by atoms with Crippen LogP contribution in [0.15, 0.2) is 0 Å². The van der Waals surface area contributed by atoms with Crippen LogP contribution in [-0.2, 0) is 33.3 Å². The summed E-state index contributed by atoms with van der Waals surface area (Å²) >= 11 is 0. The van der Waals surface area contributed by atoms with Crippen molar-refractivity contribution in [1.29, 1.82) is 0 Å². The van der Waals surface area contributed by atoms with Crippen molar-refractivity contribution in [2.45, 2.75) is 45.5 Å². The van der Waals surface area contributed by atoms with E-state index in [9.17, 15) is 27.6 Å². The number of hydrogen-bond donors (Lipinski definition) is 1. The van der Waals surface area contributed by atoms with Crippen LogP contribution in [0.4, 0.5) is 13.2 Å². The number of carbonyl (C=O) groups is 3. The highest BCUT2D eigenvalue weighted by atomic mass is 19.4. The van der Waals surface area contributed by atoms with Crippen LogP contribution in [0.2, 0.25) is 0 Å². The summed E-state index contributed by atoms with van der Waals surface area (Å²) in [5.74, 6) is -3.66. The molecule has 0 aromatic rings.